The van der Waals surface area contributed by atoms with Crippen molar-refractivity contribution in [3.05, 3.63) is 65.2 Å². The van der Waals surface area contributed by atoms with E-state index >= 15 is 0 Å². The molecule has 1 aliphatic carbocycles. The highest BCUT2D eigenvalue weighted by Crippen LogP contribution is 2.38. The van der Waals surface area contributed by atoms with Crippen LogP contribution in [0.3, 0.4) is 0 Å². The fourth-order valence-electron chi connectivity index (χ4n) is 2.92. The van der Waals surface area contributed by atoms with Crippen LogP contribution in [0, 0.1) is 0 Å². The van der Waals surface area contributed by atoms with Gasteiger partial charge in [-0.25, -0.2) is 0 Å². The molecule has 1 atom stereocenters. The van der Waals surface area contributed by atoms with Gasteiger partial charge < -0.3 is 4.74 Å². The summed E-state index contributed by atoms with van der Waals surface area (Å²) >= 11 is 5.73. The van der Waals surface area contributed by atoms with Crippen LogP contribution in [-0.4, -0.2) is 5.24 Å². The fraction of sp³-hybridized carbons (Fsp3) is 0.278. The van der Waals surface area contributed by atoms with Crippen molar-refractivity contribution in [3.8, 4) is 5.75 Å². The van der Waals surface area contributed by atoms with Crippen LogP contribution in [-0.2, 0) is 17.8 Å². The molecule has 2 aromatic rings. The maximum Gasteiger partial charge on any atom is 0.229 e. The molecule has 2 nitrogen and oxygen atoms in total. The van der Waals surface area contributed by atoms with Crippen LogP contribution in [0.15, 0.2) is 48.5 Å². The van der Waals surface area contributed by atoms with Crippen molar-refractivity contribution in [2.45, 2.75) is 31.8 Å². The summed E-state index contributed by atoms with van der Waals surface area (Å²) in [6, 6.07) is 16.0. The Bertz CT molecular complexity index is 637. The number of ether oxygens (including phenoxy) is 1. The number of rotatable bonds is 4. The number of hydrogen-bond acceptors (Lipinski definition) is 2. The molecular weight excluding hydrogens is 284 g/mol. The Morgan fingerprint density at radius 1 is 1.14 bits per heavy atom. The largest absolute Gasteiger partial charge is 0.489 e. The van der Waals surface area contributed by atoms with Crippen LogP contribution < -0.4 is 4.74 Å². The minimum Gasteiger partial charge on any atom is -0.489 e. The molecule has 0 heterocycles. The molecule has 0 fully saturated rings. The second-order valence-corrected chi connectivity index (χ2v) is 5.72. The van der Waals surface area contributed by atoms with Crippen LogP contribution in [0.1, 0.15) is 35.4 Å². The highest BCUT2D eigenvalue weighted by atomic mass is 35.5. The number of carbonyl (C=O) groups excluding carboxylic acids is 1. The molecule has 0 saturated heterocycles. The molecular formula is C18H17ClO2. The summed E-state index contributed by atoms with van der Waals surface area (Å²) in [6.07, 6.45) is 2.75. The van der Waals surface area contributed by atoms with Crippen molar-refractivity contribution in [1.29, 1.82) is 0 Å². The monoisotopic (exact) mass is 300 g/mol. The Balaban J connectivity index is 1.84. The van der Waals surface area contributed by atoms with E-state index in [1.807, 2.05) is 48.5 Å². The van der Waals surface area contributed by atoms with E-state index in [-0.39, 0.29) is 11.2 Å². The average molecular weight is 301 g/mol. The quantitative estimate of drug-likeness (QED) is 0.780. The van der Waals surface area contributed by atoms with E-state index in [4.69, 9.17) is 16.3 Å². The number of fused-ring (bicyclic) bond motifs is 1. The second kappa shape index (κ2) is 6.31. The minimum atomic E-state index is -0.267. The summed E-state index contributed by atoms with van der Waals surface area (Å²) in [5.41, 5.74) is 3.31. The van der Waals surface area contributed by atoms with E-state index in [2.05, 4.69) is 0 Å². The van der Waals surface area contributed by atoms with Crippen LogP contribution in [0.4, 0.5) is 0 Å². The Labute approximate surface area is 129 Å². The maximum atomic E-state index is 11.6. The van der Waals surface area contributed by atoms with Gasteiger partial charge in [-0.05, 0) is 53.6 Å². The predicted octanol–water partition coefficient (Wildman–Crippen LogP) is 4.45. The molecule has 0 saturated carbocycles. The van der Waals surface area contributed by atoms with Gasteiger partial charge in [-0.15, -0.1) is 0 Å². The Morgan fingerprint density at radius 3 is 2.71 bits per heavy atom. The zero-order chi connectivity index (χ0) is 14.7. The lowest BCUT2D eigenvalue weighted by molar-refractivity contribution is -0.113. The van der Waals surface area contributed by atoms with Crippen LogP contribution in [0.2, 0.25) is 0 Å². The molecule has 0 unspecified atom stereocenters. The molecule has 3 rings (SSSR count). The molecule has 108 valence electrons. The van der Waals surface area contributed by atoms with E-state index in [0.717, 1.165) is 41.7 Å². The van der Waals surface area contributed by atoms with Gasteiger partial charge in [-0.1, -0.05) is 42.5 Å². The lowest BCUT2D eigenvalue weighted by Gasteiger charge is -2.24. The molecule has 21 heavy (non-hydrogen) atoms. The van der Waals surface area contributed by atoms with Gasteiger partial charge in [0.1, 0.15) is 12.4 Å². The van der Waals surface area contributed by atoms with Crippen LogP contribution in [0.25, 0.3) is 0 Å². The zero-order valence-corrected chi connectivity index (χ0v) is 12.5. The molecule has 0 aliphatic heterocycles. The zero-order valence-electron chi connectivity index (χ0n) is 11.7. The van der Waals surface area contributed by atoms with Gasteiger partial charge in [0, 0.05) is 0 Å². The summed E-state index contributed by atoms with van der Waals surface area (Å²) in [5.74, 6) is 0.690. The normalized spacial score (nSPS) is 17.1. The summed E-state index contributed by atoms with van der Waals surface area (Å²) in [5, 5.41) is -0.267. The number of carbonyl (C=O) groups is 1. The average Bonchev–Trinajstić information content (AvgIpc) is 2.53. The highest BCUT2D eigenvalue weighted by Gasteiger charge is 2.27. The van der Waals surface area contributed by atoms with E-state index in [1.54, 1.807) is 0 Å². The molecule has 1 aliphatic rings. The van der Waals surface area contributed by atoms with Gasteiger partial charge in [0.05, 0.1) is 5.92 Å². The molecule has 3 heteroatoms. The SMILES string of the molecule is O=C(Cl)[C@H]1CCCc2c(OCc3ccccc3)cccc21. The van der Waals surface area contributed by atoms with Gasteiger partial charge in [0.25, 0.3) is 0 Å². The van der Waals surface area contributed by atoms with Crippen LogP contribution in [0.5, 0.6) is 5.75 Å². The molecule has 0 amide bonds. The Morgan fingerprint density at radius 2 is 1.95 bits per heavy atom. The lowest BCUT2D eigenvalue weighted by Crippen LogP contribution is -2.15. The van der Waals surface area contributed by atoms with Gasteiger partial charge >= 0.3 is 0 Å². The van der Waals surface area contributed by atoms with Gasteiger partial charge in [-0.3, -0.25) is 4.79 Å². The first-order valence-electron chi connectivity index (χ1n) is 7.23. The van der Waals surface area contributed by atoms with Crippen molar-refractivity contribution in [3.63, 3.8) is 0 Å². The van der Waals surface area contributed by atoms with E-state index in [0.29, 0.717) is 6.61 Å². The summed E-state index contributed by atoms with van der Waals surface area (Å²) in [7, 11) is 0. The number of benzene rings is 2. The van der Waals surface area contributed by atoms with Gasteiger partial charge in [-0.2, -0.15) is 0 Å². The lowest BCUT2D eigenvalue weighted by atomic mass is 9.83. The number of halogens is 1. The summed E-state index contributed by atoms with van der Waals surface area (Å²) in [6.45, 7) is 0.538. The maximum absolute atomic E-state index is 11.6. The second-order valence-electron chi connectivity index (χ2n) is 5.35. The minimum absolute atomic E-state index is 0.185. The Kier molecular flexibility index (Phi) is 4.26. The first-order chi connectivity index (χ1) is 10.3. The third kappa shape index (κ3) is 3.11. The van der Waals surface area contributed by atoms with E-state index in [1.165, 1.54) is 0 Å². The molecule has 0 N–H and O–H groups in total. The Hall–Kier alpha value is -1.80. The smallest absolute Gasteiger partial charge is 0.229 e. The molecule has 2 aromatic carbocycles. The van der Waals surface area contributed by atoms with E-state index in [9.17, 15) is 4.79 Å². The molecule has 0 radical (unpaired) electrons. The number of hydrogen-bond donors (Lipinski definition) is 0. The molecule has 0 aromatic heterocycles. The topological polar surface area (TPSA) is 26.3 Å². The van der Waals surface area contributed by atoms with Crippen molar-refractivity contribution in [1.82, 2.24) is 0 Å². The van der Waals surface area contributed by atoms with Crippen molar-refractivity contribution in [2.24, 2.45) is 0 Å². The van der Waals surface area contributed by atoms with Crippen molar-refractivity contribution >= 4 is 16.8 Å². The highest BCUT2D eigenvalue weighted by molar-refractivity contribution is 6.64. The predicted molar refractivity (Wildman–Crippen MR) is 83.8 cm³/mol. The molecule has 0 bridgehead atoms. The summed E-state index contributed by atoms with van der Waals surface area (Å²) in [4.78, 5) is 11.6. The van der Waals surface area contributed by atoms with Crippen molar-refractivity contribution in [2.75, 3.05) is 0 Å². The third-order valence-electron chi connectivity index (χ3n) is 3.98. The van der Waals surface area contributed by atoms with Gasteiger partial charge in [0.15, 0.2) is 0 Å². The first kappa shape index (κ1) is 14.2. The fourth-order valence-corrected chi connectivity index (χ4v) is 3.15. The van der Waals surface area contributed by atoms with Gasteiger partial charge in [0.2, 0.25) is 5.24 Å². The standard InChI is InChI=1S/C18H17ClO2/c19-18(20)16-10-4-9-15-14(16)8-5-11-17(15)21-12-13-6-2-1-3-7-13/h1-3,5-8,11,16H,4,9-10,12H2/t16-/m0/s1. The summed E-state index contributed by atoms with van der Waals surface area (Å²) < 4.78 is 5.96. The third-order valence-corrected chi connectivity index (χ3v) is 4.24. The first-order valence-corrected chi connectivity index (χ1v) is 7.61. The van der Waals surface area contributed by atoms with Crippen molar-refractivity contribution < 1.29 is 9.53 Å². The van der Waals surface area contributed by atoms with Crippen LogP contribution >= 0.6 is 11.6 Å². The molecule has 0 spiro atoms. The van der Waals surface area contributed by atoms with E-state index < -0.39 is 0 Å².